The molecule has 0 amide bonds. The zero-order valence-electron chi connectivity index (χ0n) is 11.2. The molecule has 4 nitrogen and oxygen atoms in total. The third-order valence-corrected chi connectivity index (χ3v) is 5.40. The highest BCUT2D eigenvalue weighted by Crippen LogP contribution is 2.27. The summed E-state index contributed by atoms with van der Waals surface area (Å²) in [5, 5.41) is 2.82. The Morgan fingerprint density at radius 1 is 1.40 bits per heavy atom. The molecule has 7 heteroatoms. The monoisotopic (exact) mass is 364 g/mol. The van der Waals surface area contributed by atoms with Crippen LogP contribution >= 0.6 is 15.9 Å². The van der Waals surface area contributed by atoms with E-state index in [4.69, 9.17) is 0 Å². The topological polar surface area (TPSA) is 58.2 Å². The molecular formula is C13H18BrFN2O2S. The van der Waals surface area contributed by atoms with E-state index in [1.165, 1.54) is 6.07 Å². The van der Waals surface area contributed by atoms with Crippen LogP contribution in [0.1, 0.15) is 24.8 Å². The van der Waals surface area contributed by atoms with E-state index < -0.39 is 15.8 Å². The van der Waals surface area contributed by atoms with Crippen molar-refractivity contribution < 1.29 is 12.8 Å². The minimum absolute atomic E-state index is 0.274. The fraction of sp³-hybridized carbons (Fsp3) is 0.538. The number of sulfonamides is 1. The van der Waals surface area contributed by atoms with Crippen molar-refractivity contribution >= 4 is 26.0 Å². The molecule has 2 rings (SSSR count). The van der Waals surface area contributed by atoms with Crippen LogP contribution in [0.15, 0.2) is 21.5 Å². The second-order valence-electron chi connectivity index (χ2n) is 5.06. The molecule has 0 aliphatic heterocycles. The van der Waals surface area contributed by atoms with Crippen molar-refractivity contribution in [2.24, 2.45) is 5.92 Å². The summed E-state index contributed by atoms with van der Waals surface area (Å²) >= 11 is 3.23. The zero-order valence-corrected chi connectivity index (χ0v) is 13.7. The van der Waals surface area contributed by atoms with Crippen molar-refractivity contribution in [1.82, 2.24) is 10.0 Å². The van der Waals surface area contributed by atoms with Gasteiger partial charge in [0.15, 0.2) is 0 Å². The molecule has 1 aromatic rings. The van der Waals surface area contributed by atoms with Crippen LogP contribution in [-0.2, 0) is 16.6 Å². The van der Waals surface area contributed by atoms with Gasteiger partial charge in [-0.15, -0.1) is 0 Å². The molecule has 0 heterocycles. The Labute approximate surface area is 127 Å². The summed E-state index contributed by atoms with van der Waals surface area (Å²) in [6.07, 6.45) is 3.22. The van der Waals surface area contributed by atoms with Crippen LogP contribution in [0.5, 0.6) is 0 Å². The van der Waals surface area contributed by atoms with E-state index >= 15 is 0 Å². The summed E-state index contributed by atoms with van der Waals surface area (Å²) in [7, 11) is -2.12. The summed E-state index contributed by atoms with van der Waals surface area (Å²) in [5.41, 5.74) is 0.325. The van der Waals surface area contributed by atoms with Crippen molar-refractivity contribution in [2.45, 2.75) is 30.7 Å². The van der Waals surface area contributed by atoms with Gasteiger partial charge in [0.05, 0.1) is 0 Å². The fourth-order valence-electron chi connectivity index (χ4n) is 2.14. The van der Waals surface area contributed by atoms with Crippen LogP contribution in [0.25, 0.3) is 0 Å². The van der Waals surface area contributed by atoms with Gasteiger partial charge < -0.3 is 5.32 Å². The van der Waals surface area contributed by atoms with Crippen LogP contribution in [0, 0.1) is 11.7 Å². The van der Waals surface area contributed by atoms with Gasteiger partial charge in [0.1, 0.15) is 10.7 Å². The second kappa shape index (κ2) is 6.51. The predicted molar refractivity (Wildman–Crippen MR) is 79.4 cm³/mol. The van der Waals surface area contributed by atoms with Crippen LogP contribution in [0.4, 0.5) is 4.39 Å². The van der Waals surface area contributed by atoms with E-state index in [9.17, 15) is 12.8 Å². The van der Waals surface area contributed by atoms with E-state index in [2.05, 4.69) is 26.0 Å². The summed E-state index contributed by atoms with van der Waals surface area (Å²) in [4.78, 5) is -0.295. The van der Waals surface area contributed by atoms with Gasteiger partial charge >= 0.3 is 0 Å². The molecule has 0 bridgehead atoms. The van der Waals surface area contributed by atoms with Crippen molar-refractivity contribution in [3.05, 3.63) is 28.0 Å². The van der Waals surface area contributed by atoms with Gasteiger partial charge in [0, 0.05) is 23.1 Å². The molecule has 1 saturated carbocycles. The van der Waals surface area contributed by atoms with Crippen LogP contribution in [-0.4, -0.2) is 22.0 Å². The smallest absolute Gasteiger partial charge is 0.243 e. The van der Waals surface area contributed by atoms with Crippen LogP contribution in [0.2, 0.25) is 0 Å². The number of rotatable bonds is 6. The molecule has 0 unspecified atom stereocenters. The Bertz CT molecular complexity index is 588. The molecule has 0 spiro atoms. The van der Waals surface area contributed by atoms with Gasteiger partial charge in [-0.05, 0) is 37.9 Å². The minimum Gasteiger partial charge on any atom is -0.316 e. The van der Waals surface area contributed by atoms with Gasteiger partial charge in [0.25, 0.3) is 0 Å². The average molecular weight is 365 g/mol. The van der Waals surface area contributed by atoms with E-state index in [1.54, 1.807) is 13.1 Å². The fourth-order valence-corrected chi connectivity index (χ4v) is 4.05. The minimum atomic E-state index is -3.81. The summed E-state index contributed by atoms with van der Waals surface area (Å²) < 4.78 is 41.8. The van der Waals surface area contributed by atoms with Crippen molar-refractivity contribution in [1.29, 1.82) is 0 Å². The highest BCUT2D eigenvalue weighted by atomic mass is 79.9. The van der Waals surface area contributed by atoms with Gasteiger partial charge in [0.2, 0.25) is 10.0 Å². The normalized spacial score (nSPS) is 16.1. The molecule has 20 heavy (non-hydrogen) atoms. The lowest BCUT2D eigenvalue weighted by atomic mass is 9.86. The second-order valence-corrected chi connectivity index (χ2v) is 7.71. The van der Waals surface area contributed by atoms with Crippen molar-refractivity contribution in [3.63, 3.8) is 0 Å². The lowest BCUT2D eigenvalue weighted by Crippen LogP contribution is -2.32. The third-order valence-electron chi connectivity index (χ3n) is 3.52. The zero-order chi connectivity index (χ0) is 14.8. The Hall–Kier alpha value is -0.500. The molecule has 112 valence electrons. The predicted octanol–water partition coefficient (Wildman–Crippen LogP) is 2.39. The Morgan fingerprint density at radius 3 is 2.65 bits per heavy atom. The number of halogens is 2. The SMILES string of the molecule is CNCc1cc(Br)cc(S(=O)(=O)NCC2CCC2)c1F. The van der Waals surface area contributed by atoms with E-state index in [0.717, 1.165) is 19.3 Å². The Kier molecular flexibility index (Phi) is 5.17. The first-order valence-corrected chi connectivity index (χ1v) is 8.84. The van der Waals surface area contributed by atoms with E-state index in [-0.39, 0.29) is 11.4 Å². The number of nitrogens with one attached hydrogen (secondary N) is 2. The van der Waals surface area contributed by atoms with Gasteiger partial charge in [-0.3, -0.25) is 0 Å². The third kappa shape index (κ3) is 3.58. The quantitative estimate of drug-likeness (QED) is 0.814. The van der Waals surface area contributed by atoms with Gasteiger partial charge in [-0.2, -0.15) is 0 Å². The lowest BCUT2D eigenvalue weighted by Gasteiger charge is -2.25. The van der Waals surface area contributed by atoms with Gasteiger partial charge in [-0.1, -0.05) is 22.4 Å². The maximum atomic E-state index is 14.3. The first-order valence-electron chi connectivity index (χ1n) is 6.56. The Morgan fingerprint density at radius 2 is 2.10 bits per heavy atom. The molecule has 1 fully saturated rings. The molecule has 0 aromatic heterocycles. The molecule has 1 aliphatic rings. The maximum absolute atomic E-state index is 14.3. The molecule has 2 N–H and O–H groups in total. The van der Waals surface area contributed by atoms with Crippen LogP contribution < -0.4 is 10.0 Å². The highest BCUT2D eigenvalue weighted by molar-refractivity contribution is 9.10. The lowest BCUT2D eigenvalue weighted by molar-refractivity contribution is 0.316. The first-order chi connectivity index (χ1) is 9.44. The molecule has 0 radical (unpaired) electrons. The number of hydrogen-bond acceptors (Lipinski definition) is 3. The summed E-state index contributed by atoms with van der Waals surface area (Å²) in [6, 6.07) is 2.88. The first kappa shape index (κ1) is 15.9. The van der Waals surface area contributed by atoms with E-state index in [1.807, 2.05) is 0 Å². The molecular weight excluding hydrogens is 347 g/mol. The number of hydrogen-bond donors (Lipinski definition) is 2. The largest absolute Gasteiger partial charge is 0.316 e. The molecule has 0 saturated heterocycles. The molecule has 0 atom stereocenters. The van der Waals surface area contributed by atoms with Crippen molar-refractivity contribution in [3.8, 4) is 0 Å². The Balaban J connectivity index is 2.25. The van der Waals surface area contributed by atoms with Crippen molar-refractivity contribution in [2.75, 3.05) is 13.6 Å². The van der Waals surface area contributed by atoms with Crippen LogP contribution in [0.3, 0.4) is 0 Å². The molecule has 1 aromatic carbocycles. The summed E-state index contributed by atoms with van der Waals surface area (Å²) in [6.45, 7) is 0.659. The number of benzene rings is 1. The van der Waals surface area contributed by atoms with Gasteiger partial charge in [-0.25, -0.2) is 17.5 Å². The molecule has 1 aliphatic carbocycles. The maximum Gasteiger partial charge on any atom is 0.243 e. The van der Waals surface area contributed by atoms with E-state index in [0.29, 0.717) is 22.5 Å². The average Bonchev–Trinajstić information content (AvgIpc) is 2.31. The summed E-state index contributed by atoms with van der Waals surface area (Å²) in [5.74, 6) is -0.305. The standard InChI is InChI=1S/C13H18BrFN2O2S/c1-16-8-10-5-11(14)6-12(13(10)15)20(18,19)17-7-9-3-2-4-9/h5-6,9,16-17H,2-4,7-8H2,1H3. The highest BCUT2D eigenvalue weighted by Gasteiger charge is 2.25.